The molecule has 0 aliphatic heterocycles. The molecule has 0 aliphatic rings. The Morgan fingerprint density at radius 3 is 2.87 bits per heavy atom. The van der Waals surface area contributed by atoms with Crippen molar-refractivity contribution in [1.29, 1.82) is 0 Å². The van der Waals surface area contributed by atoms with Gasteiger partial charge in [-0.05, 0) is 35.4 Å². The van der Waals surface area contributed by atoms with Crippen molar-refractivity contribution < 1.29 is 4.79 Å². The van der Waals surface area contributed by atoms with E-state index < -0.39 is 0 Å². The lowest BCUT2D eigenvalue weighted by atomic mass is 10.2. The number of hydrogen-bond donors (Lipinski definition) is 1. The summed E-state index contributed by atoms with van der Waals surface area (Å²) >= 11 is 1.35. The molecular weight excluding hydrogens is 310 g/mol. The number of hydrogen-bond acceptors (Lipinski definition) is 5. The van der Waals surface area contributed by atoms with Crippen LogP contribution in [0.25, 0.3) is 5.69 Å². The van der Waals surface area contributed by atoms with Gasteiger partial charge in [0.15, 0.2) is 0 Å². The van der Waals surface area contributed by atoms with Crippen molar-refractivity contribution in [3.63, 3.8) is 0 Å². The van der Waals surface area contributed by atoms with Crippen LogP contribution in [0.5, 0.6) is 0 Å². The zero-order chi connectivity index (χ0) is 16.5. The molecule has 1 amide bonds. The zero-order valence-corrected chi connectivity index (χ0v) is 14.5. The van der Waals surface area contributed by atoms with Crippen molar-refractivity contribution >= 4 is 17.7 Å². The van der Waals surface area contributed by atoms with Gasteiger partial charge in [0.2, 0.25) is 11.1 Å². The van der Waals surface area contributed by atoms with Crippen LogP contribution in [0.1, 0.15) is 38.2 Å². The topological polar surface area (TPSA) is 72.7 Å². The van der Waals surface area contributed by atoms with Gasteiger partial charge in [0.25, 0.3) is 0 Å². The first-order valence-electron chi connectivity index (χ1n) is 7.96. The third-order valence-corrected chi connectivity index (χ3v) is 4.39. The molecule has 0 saturated carbocycles. The summed E-state index contributed by atoms with van der Waals surface area (Å²) in [5.74, 6) is 0.339. The minimum absolute atomic E-state index is 0.0193. The number of rotatable bonds is 9. The molecule has 0 atom stereocenters. The van der Waals surface area contributed by atoms with Gasteiger partial charge in [-0.3, -0.25) is 4.79 Å². The summed E-state index contributed by atoms with van der Waals surface area (Å²) in [7, 11) is 0. The average molecular weight is 333 g/mol. The second kappa shape index (κ2) is 9.29. The highest BCUT2D eigenvalue weighted by Crippen LogP contribution is 2.20. The lowest BCUT2D eigenvalue weighted by Crippen LogP contribution is -2.26. The number of carbonyl (C=O) groups is 1. The van der Waals surface area contributed by atoms with Crippen LogP contribution in [0.15, 0.2) is 29.4 Å². The Balaban J connectivity index is 1.84. The van der Waals surface area contributed by atoms with Crippen molar-refractivity contribution in [2.45, 2.75) is 44.7 Å². The summed E-state index contributed by atoms with van der Waals surface area (Å²) in [5, 5.41) is 15.3. The third-order valence-electron chi connectivity index (χ3n) is 3.47. The van der Waals surface area contributed by atoms with E-state index in [-0.39, 0.29) is 5.91 Å². The number of nitrogens with zero attached hydrogens (tertiary/aromatic N) is 4. The number of nitrogens with one attached hydrogen (secondary N) is 1. The number of para-hydroxylation sites is 1. The predicted molar refractivity (Wildman–Crippen MR) is 91.8 cm³/mol. The number of unbranched alkanes of at least 4 members (excludes halogenated alkanes) is 3. The van der Waals surface area contributed by atoms with E-state index in [0.29, 0.717) is 10.9 Å². The summed E-state index contributed by atoms with van der Waals surface area (Å²) in [6, 6.07) is 7.89. The molecule has 0 unspecified atom stereocenters. The van der Waals surface area contributed by atoms with Crippen LogP contribution in [0.3, 0.4) is 0 Å². The molecule has 0 radical (unpaired) electrons. The average Bonchev–Trinajstić information content (AvgIpc) is 3.01. The zero-order valence-electron chi connectivity index (χ0n) is 13.7. The van der Waals surface area contributed by atoms with Crippen molar-refractivity contribution in [1.82, 2.24) is 25.5 Å². The lowest BCUT2D eigenvalue weighted by molar-refractivity contribution is -0.118. The normalized spacial score (nSPS) is 10.7. The fourth-order valence-electron chi connectivity index (χ4n) is 2.18. The number of thioether (sulfide) groups is 1. The van der Waals surface area contributed by atoms with Crippen LogP contribution in [0, 0.1) is 6.92 Å². The van der Waals surface area contributed by atoms with Crippen LogP contribution < -0.4 is 5.32 Å². The predicted octanol–water partition coefficient (Wildman–Crippen LogP) is 2.76. The number of benzene rings is 1. The molecule has 124 valence electrons. The first-order chi connectivity index (χ1) is 11.2. The second-order valence-electron chi connectivity index (χ2n) is 5.36. The van der Waals surface area contributed by atoms with Gasteiger partial charge in [0.05, 0.1) is 11.4 Å². The molecule has 7 heteroatoms. The molecular formula is C16H23N5OS. The highest BCUT2D eigenvalue weighted by Gasteiger charge is 2.12. The minimum Gasteiger partial charge on any atom is -0.355 e. The van der Waals surface area contributed by atoms with E-state index in [1.165, 1.54) is 24.6 Å². The van der Waals surface area contributed by atoms with Gasteiger partial charge >= 0.3 is 0 Å². The summed E-state index contributed by atoms with van der Waals surface area (Å²) < 4.78 is 1.68. The number of amides is 1. The number of aromatic nitrogens is 4. The summed E-state index contributed by atoms with van der Waals surface area (Å²) in [6.07, 6.45) is 4.61. The van der Waals surface area contributed by atoms with Crippen LogP contribution in [0.4, 0.5) is 0 Å². The molecule has 0 bridgehead atoms. The Labute approximate surface area is 141 Å². The summed E-state index contributed by atoms with van der Waals surface area (Å²) in [5.41, 5.74) is 2.02. The number of carbonyl (C=O) groups excluding carboxylic acids is 1. The van der Waals surface area contributed by atoms with Gasteiger partial charge in [-0.2, -0.15) is 4.68 Å². The fourth-order valence-corrected chi connectivity index (χ4v) is 2.90. The molecule has 0 spiro atoms. The fraction of sp³-hybridized carbons (Fsp3) is 0.500. The molecule has 0 fully saturated rings. The maximum Gasteiger partial charge on any atom is 0.230 e. The molecule has 1 heterocycles. The van der Waals surface area contributed by atoms with Gasteiger partial charge < -0.3 is 5.32 Å². The summed E-state index contributed by atoms with van der Waals surface area (Å²) in [4.78, 5) is 11.9. The van der Waals surface area contributed by atoms with Gasteiger partial charge in [0.1, 0.15) is 0 Å². The molecule has 23 heavy (non-hydrogen) atoms. The highest BCUT2D eigenvalue weighted by molar-refractivity contribution is 7.99. The van der Waals surface area contributed by atoms with Gasteiger partial charge in [0, 0.05) is 6.54 Å². The standard InChI is InChI=1S/C16H23N5OS/c1-3-4-5-8-11-17-15(22)12-23-16-18-19-20-21(16)14-10-7-6-9-13(14)2/h6-7,9-10H,3-5,8,11-12H2,1-2H3,(H,17,22). The Kier molecular flexibility index (Phi) is 7.06. The van der Waals surface area contributed by atoms with Crippen LogP contribution >= 0.6 is 11.8 Å². The minimum atomic E-state index is 0.0193. The van der Waals surface area contributed by atoms with Gasteiger partial charge in [-0.25, -0.2) is 0 Å². The van der Waals surface area contributed by atoms with Crippen molar-refractivity contribution in [3.8, 4) is 5.69 Å². The Bertz CT molecular complexity index is 628. The van der Waals surface area contributed by atoms with E-state index in [9.17, 15) is 4.79 Å². The molecule has 1 aromatic heterocycles. The molecule has 1 N–H and O–H groups in total. The van der Waals surface area contributed by atoms with E-state index in [1.807, 2.05) is 31.2 Å². The molecule has 2 rings (SSSR count). The number of tetrazole rings is 1. The maximum atomic E-state index is 11.9. The maximum absolute atomic E-state index is 11.9. The van der Waals surface area contributed by atoms with Crippen molar-refractivity contribution in [2.24, 2.45) is 0 Å². The van der Waals surface area contributed by atoms with Gasteiger partial charge in [-0.15, -0.1) is 5.10 Å². The van der Waals surface area contributed by atoms with E-state index in [2.05, 4.69) is 27.8 Å². The van der Waals surface area contributed by atoms with Crippen LogP contribution in [-0.2, 0) is 4.79 Å². The van der Waals surface area contributed by atoms with Crippen LogP contribution in [-0.4, -0.2) is 38.4 Å². The molecule has 1 aromatic carbocycles. The van der Waals surface area contributed by atoms with Gasteiger partial charge in [-0.1, -0.05) is 56.1 Å². The largest absolute Gasteiger partial charge is 0.355 e. The highest BCUT2D eigenvalue weighted by atomic mass is 32.2. The lowest BCUT2D eigenvalue weighted by Gasteiger charge is -2.07. The molecule has 0 saturated heterocycles. The quantitative estimate of drug-likeness (QED) is 0.564. The number of aryl methyl sites for hydroxylation is 1. The molecule has 2 aromatic rings. The molecule has 6 nitrogen and oxygen atoms in total. The monoisotopic (exact) mass is 333 g/mol. The Morgan fingerprint density at radius 1 is 1.26 bits per heavy atom. The smallest absolute Gasteiger partial charge is 0.230 e. The summed E-state index contributed by atoms with van der Waals surface area (Å²) in [6.45, 7) is 4.92. The Hall–Kier alpha value is -1.89. The molecule has 0 aliphatic carbocycles. The Morgan fingerprint density at radius 2 is 2.09 bits per heavy atom. The van der Waals surface area contributed by atoms with E-state index in [1.54, 1.807) is 4.68 Å². The SMILES string of the molecule is CCCCCCNC(=O)CSc1nnnn1-c1ccccc1C. The second-order valence-corrected chi connectivity index (χ2v) is 6.30. The van der Waals surface area contributed by atoms with E-state index in [4.69, 9.17) is 0 Å². The van der Waals surface area contributed by atoms with Crippen molar-refractivity contribution in [2.75, 3.05) is 12.3 Å². The third kappa shape index (κ3) is 5.35. The van der Waals surface area contributed by atoms with E-state index in [0.717, 1.165) is 30.6 Å². The first-order valence-corrected chi connectivity index (χ1v) is 8.94. The van der Waals surface area contributed by atoms with Crippen LogP contribution in [0.2, 0.25) is 0 Å². The van der Waals surface area contributed by atoms with Crippen molar-refractivity contribution in [3.05, 3.63) is 29.8 Å². The van der Waals surface area contributed by atoms with E-state index >= 15 is 0 Å². The first kappa shape index (κ1) is 17.5.